The van der Waals surface area contributed by atoms with E-state index in [9.17, 15) is 4.39 Å². The molecule has 0 fully saturated rings. The van der Waals surface area contributed by atoms with Crippen molar-refractivity contribution in [3.63, 3.8) is 0 Å². The first-order chi connectivity index (χ1) is 4.81. The summed E-state index contributed by atoms with van der Waals surface area (Å²) in [6.45, 7) is 0. The lowest BCUT2D eigenvalue weighted by atomic mass is 10.4. The molecule has 1 aromatic carbocycles. The second-order valence-electron chi connectivity index (χ2n) is 1.80. The van der Waals surface area contributed by atoms with Crippen LogP contribution in [0.5, 0.6) is 0 Å². The van der Waals surface area contributed by atoms with Gasteiger partial charge in [0.05, 0.1) is 0 Å². The van der Waals surface area contributed by atoms with E-state index < -0.39 is 0 Å². The lowest BCUT2D eigenvalue weighted by molar-refractivity contribution is 0.628. The Morgan fingerprint density at radius 3 is 1.70 bits per heavy atom. The van der Waals surface area contributed by atoms with Crippen molar-refractivity contribution >= 4 is 0 Å². The summed E-state index contributed by atoms with van der Waals surface area (Å²) in [5.41, 5.74) is 0. The highest BCUT2D eigenvalue weighted by Crippen LogP contribution is 1.91. The number of nitrogens with one attached hydrogen (secondary N) is 1. The zero-order valence-corrected chi connectivity index (χ0v) is 6.26. The minimum absolute atomic E-state index is 0.178. The molecule has 0 heterocycles. The summed E-state index contributed by atoms with van der Waals surface area (Å²) in [4.78, 5) is 0. The van der Waals surface area contributed by atoms with Crippen LogP contribution in [0.4, 0.5) is 4.39 Å². The molecule has 1 aromatic rings. The van der Waals surface area contributed by atoms with Crippen LogP contribution in [0.2, 0.25) is 0 Å². The molecule has 1 N–H and O–H groups in total. The molecular formula is C8H12FN. The average Bonchev–Trinajstić information content (AvgIpc) is 1.91. The number of hydrogen-bond acceptors (Lipinski definition) is 1. The van der Waals surface area contributed by atoms with Gasteiger partial charge in [0.1, 0.15) is 5.82 Å². The Labute approximate surface area is 60.9 Å². The first-order valence-corrected chi connectivity index (χ1v) is 3.10. The van der Waals surface area contributed by atoms with Crippen LogP contribution in [-0.2, 0) is 0 Å². The molecule has 0 atom stereocenters. The third kappa shape index (κ3) is 5.25. The van der Waals surface area contributed by atoms with Crippen LogP contribution in [0, 0.1) is 5.82 Å². The molecule has 0 aromatic heterocycles. The second kappa shape index (κ2) is 6.23. The minimum Gasteiger partial charge on any atom is -0.323 e. The van der Waals surface area contributed by atoms with E-state index in [1.54, 1.807) is 18.2 Å². The number of halogens is 1. The van der Waals surface area contributed by atoms with Gasteiger partial charge in [-0.05, 0) is 26.2 Å². The van der Waals surface area contributed by atoms with Crippen LogP contribution in [-0.4, -0.2) is 14.1 Å². The van der Waals surface area contributed by atoms with Crippen LogP contribution in [0.3, 0.4) is 0 Å². The first kappa shape index (κ1) is 9.11. The van der Waals surface area contributed by atoms with Gasteiger partial charge in [0.2, 0.25) is 0 Å². The van der Waals surface area contributed by atoms with Crippen LogP contribution < -0.4 is 5.32 Å². The van der Waals surface area contributed by atoms with Crippen molar-refractivity contribution in [1.29, 1.82) is 0 Å². The quantitative estimate of drug-likeness (QED) is 0.579. The van der Waals surface area contributed by atoms with Gasteiger partial charge in [-0.2, -0.15) is 0 Å². The largest absolute Gasteiger partial charge is 0.323 e. The lowest BCUT2D eigenvalue weighted by Gasteiger charge is -1.78. The van der Waals surface area contributed by atoms with Gasteiger partial charge in [0.15, 0.2) is 0 Å². The molecule has 0 bridgehead atoms. The third-order valence-corrected chi connectivity index (χ3v) is 0.733. The maximum Gasteiger partial charge on any atom is 0.123 e. The molecule has 0 radical (unpaired) electrons. The summed E-state index contributed by atoms with van der Waals surface area (Å²) in [5, 5.41) is 2.75. The summed E-state index contributed by atoms with van der Waals surface area (Å²) < 4.78 is 11.9. The standard InChI is InChI=1S/C6H5F.C2H7N/c7-6-4-2-1-3-5-6;1-3-2/h1-5H;3H,1-2H3. The van der Waals surface area contributed by atoms with Crippen LogP contribution in [0.15, 0.2) is 30.3 Å². The Morgan fingerprint density at radius 2 is 1.50 bits per heavy atom. The van der Waals surface area contributed by atoms with Crippen molar-refractivity contribution in [1.82, 2.24) is 5.32 Å². The van der Waals surface area contributed by atoms with Gasteiger partial charge in [0, 0.05) is 0 Å². The van der Waals surface area contributed by atoms with E-state index in [1.807, 2.05) is 14.1 Å². The topological polar surface area (TPSA) is 12.0 Å². The van der Waals surface area contributed by atoms with Gasteiger partial charge >= 0.3 is 0 Å². The summed E-state index contributed by atoms with van der Waals surface area (Å²) in [6.07, 6.45) is 0. The molecule has 0 spiro atoms. The molecule has 0 unspecified atom stereocenters. The van der Waals surface area contributed by atoms with E-state index in [4.69, 9.17) is 0 Å². The fourth-order valence-electron chi connectivity index (χ4n) is 0.415. The van der Waals surface area contributed by atoms with Crippen molar-refractivity contribution in [3.8, 4) is 0 Å². The predicted molar refractivity (Wildman–Crippen MR) is 41.4 cm³/mol. The SMILES string of the molecule is CNC.Fc1ccccc1. The first-order valence-electron chi connectivity index (χ1n) is 3.10. The molecule has 1 rings (SSSR count). The van der Waals surface area contributed by atoms with Gasteiger partial charge in [-0.25, -0.2) is 4.39 Å². The molecule has 0 amide bonds. The Kier molecular flexibility index (Phi) is 5.68. The zero-order chi connectivity index (χ0) is 7.82. The van der Waals surface area contributed by atoms with Crippen molar-refractivity contribution in [2.45, 2.75) is 0 Å². The molecule has 0 saturated heterocycles. The maximum absolute atomic E-state index is 11.9. The van der Waals surface area contributed by atoms with Crippen molar-refractivity contribution in [2.24, 2.45) is 0 Å². The predicted octanol–water partition coefficient (Wildman–Crippen LogP) is 1.66. The van der Waals surface area contributed by atoms with E-state index in [0.717, 1.165) is 0 Å². The van der Waals surface area contributed by atoms with Gasteiger partial charge in [-0.3, -0.25) is 0 Å². The second-order valence-corrected chi connectivity index (χ2v) is 1.80. The highest BCUT2D eigenvalue weighted by Gasteiger charge is 1.77. The highest BCUT2D eigenvalue weighted by atomic mass is 19.1. The molecule has 0 aliphatic heterocycles. The average molecular weight is 141 g/mol. The van der Waals surface area contributed by atoms with Crippen molar-refractivity contribution in [2.75, 3.05) is 14.1 Å². The minimum atomic E-state index is -0.178. The van der Waals surface area contributed by atoms with Gasteiger partial charge in [0.25, 0.3) is 0 Å². The molecule has 2 heteroatoms. The number of hydrogen-bond donors (Lipinski definition) is 1. The van der Waals surface area contributed by atoms with Gasteiger partial charge in [-0.1, -0.05) is 18.2 Å². The fraction of sp³-hybridized carbons (Fsp3) is 0.250. The molecule has 0 saturated carbocycles. The third-order valence-electron chi connectivity index (χ3n) is 0.733. The van der Waals surface area contributed by atoms with Crippen molar-refractivity contribution < 1.29 is 4.39 Å². The van der Waals surface area contributed by atoms with Crippen LogP contribution >= 0.6 is 0 Å². The molecule has 1 nitrogen and oxygen atoms in total. The van der Waals surface area contributed by atoms with E-state index in [0.29, 0.717) is 0 Å². The van der Waals surface area contributed by atoms with E-state index in [1.165, 1.54) is 12.1 Å². The lowest BCUT2D eigenvalue weighted by Crippen LogP contribution is -1.89. The molecule has 0 aliphatic rings. The normalized spacial score (nSPS) is 7.90. The fourth-order valence-corrected chi connectivity index (χ4v) is 0.415. The number of rotatable bonds is 0. The highest BCUT2D eigenvalue weighted by molar-refractivity contribution is 5.02. The monoisotopic (exact) mass is 141 g/mol. The number of benzene rings is 1. The summed E-state index contributed by atoms with van der Waals surface area (Å²) in [6, 6.07) is 7.94. The van der Waals surface area contributed by atoms with Crippen LogP contribution in [0.1, 0.15) is 0 Å². The summed E-state index contributed by atoms with van der Waals surface area (Å²) >= 11 is 0. The molecular weight excluding hydrogens is 129 g/mol. The summed E-state index contributed by atoms with van der Waals surface area (Å²) in [7, 11) is 3.75. The molecule has 10 heavy (non-hydrogen) atoms. The van der Waals surface area contributed by atoms with E-state index >= 15 is 0 Å². The van der Waals surface area contributed by atoms with Crippen LogP contribution in [0.25, 0.3) is 0 Å². The van der Waals surface area contributed by atoms with Gasteiger partial charge in [-0.15, -0.1) is 0 Å². The Hall–Kier alpha value is -0.890. The zero-order valence-electron chi connectivity index (χ0n) is 6.26. The maximum atomic E-state index is 11.9. The Balaban J connectivity index is 0.000000236. The van der Waals surface area contributed by atoms with E-state index in [2.05, 4.69) is 5.32 Å². The molecule has 0 aliphatic carbocycles. The smallest absolute Gasteiger partial charge is 0.123 e. The summed E-state index contributed by atoms with van der Waals surface area (Å²) in [5.74, 6) is -0.178. The van der Waals surface area contributed by atoms with Crippen molar-refractivity contribution in [3.05, 3.63) is 36.1 Å². The van der Waals surface area contributed by atoms with E-state index in [-0.39, 0.29) is 5.82 Å². The Bertz CT molecular complexity index is 151. The van der Waals surface area contributed by atoms with Gasteiger partial charge < -0.3 is 5.32 Å². The Morgan fingerprint density at radius 1 is 1.10 bits per heavy atom. The molecule has 56 valence electrons.